The van der Waals surface area contributed by atoms with Gasteiger partial charge in [0.2, 0.25) is 0 Å². The van der Waals surface area contributed by atoms with Crippen LogP contribution in [0.4, 0.5) is 0 Å². The van der Waals surface area contributed by atoms with Crippen molar-refractivity contribution in [1.82, 2.24) is 9.97 Å². The summed E-state index contributed by atoms with van der Waals surface area (Å²) in [4.78, 5) is 9.47. The molecule has 4 aromatic carbocycles. The molecule has 0 N–H and O–H groups in total. The van der Waals surface area contributed by atoms with Gasteiger partial charge in [-0.3, -0.25) is 9.97 Å². The monoisotopic (exact) mass is 749 g/mol. The number of nitrogens with zero attached hydrogens (tertiary/aromatic N) is 2. The molecule has 7 rings (SSSR count). The summed E-state index contributed by atoms with van der Waals surface area (Å²) >= 11 is 0. The third-order valence-corrected chi connectivity index (χ3v) is 9.32. The SMILES string of the molecule is CC(C)(c1[c-]c2c(cc1)C(c1ccccc1)(c1ccccc1)c1ccc(C(C)(C)c3ccccn3)[c-]c1-2)c1ccccn1.[Pt+2]. The first-order valence-electron chi connectivity index (χ1n) is 14.9. The van der Waals surface area contributed by atoms with Gasteiger partial charge in [-0.15, -0.1) is 23.3 Å². The third-order valence-electron chi connectivity index (χ3n) is 9.32. The number of hydrogen-bond donors (Lipinski definition) is 0. The van der Waals surface area contributed by atoms with E-state index in [1.54, 1.807) is 0 Å². The van der Waals surface area contributed by atoms with Gasteiger partial charge in [0, 0.05) is 34.6 Å². The van der Waals surface area contributed by atoms with E-state index < -0.39 is 5.41 Å². The smallest absolute Gasteiger partial charge is 0.260 e. The fraction of sp³-hybridized carbons (Fsp3) is 0.171. The molecule has 0 radical (unpaired) electrons. The van der Waals surface area contributed by atoms with Crippen LogP contribution in [0.3, 0.4) is 0 Å². The molecule has 0 amide bonds. The molecule has 0 saturated carbocycles. The fourth-order valence-corrected chi connectivity index (χ4v) is 6.79. The minimum atomic E-state index is -0.498. The van der Waals surface area contributed by atoms with Gasteiger partial charge < -0.3 is 0 Å². The molecule has 1 aliphatic carbocycles. The Bertz CT molecular complexity index is 1750. The van der Waals surface area contributed by atoms with E-state index in [1.807, 2.05) is 24.5 Å². The molecule has 0 saturated heterocycles. The van der Waals surface area contributed by atoms with E-state index in [0.717, 1.165) is 33.6 Å². The molecule has 0 atom stereocenters. The average molecular weight is 750 g/mol. The largest absolute Gasteiger partial charge is 2.00 e. The Morgan fingerprint density at radius 3 is 1.23 bits per heavy atom. The normalized spacial score (nSPS) is 13.5. The fourth-order valence-electron chi connectivity index (χ4n) is 6.79. The summed E-state index contributed by atoms with van der Waals surface area (Å²) < 4.78 is 0. The van der Waals surface area contributed by atoms with Gasteiger partial charge in [-0.25, -0.2) is 11.1 Å². The van der Waals surface area contributed by atoms with E-state index >= 15 is 0 Å². The number of hydrogen-bond acceptors (Lipinski definition) is 2. The summed E-state index contributed by atoms with van der Waals surface area (Å²) in [5.74, 6) is 0. The second-order valence-electron chi connectivity index (χ2n) is 12.5. The molecule has 1 aliphatic rings. The molecule has 2 aromatic heterocycles. The first kappa shape index (κ1) is 29.9. The maximum absolute atomic E-state index is 4.73. The minimum absolute atomic E-state index is 0. The molecule has 0 aliphatic heterocycles. The van der Waals surface area contributed by atoms with Crippen molar-refractivity contribution in [2.24, 2.45) is 0 Å². The van der Waals surface area contributed by atoms with E-state index in [0.29, 0.717) is 0 Å². The van der Waals surface area contributed by atoms with E-state index in [2.05, 4.69) is 149 Å². The van der Waals surface area contributed by atoms with Crippen molar-refractivity contribution >= 4 is 0 Å². The van der Waals surface area contributed by atoms with E-state index in [4.69, 9.17) is 9.97 Å². The van der Waals surface area contributed by atoms with Crippen molar-refractivity contribution < 1.29 is 21.1 Å². The van der Waals surface area contributed by atoms with Crippen LogP contribution in [0.25, 0.3) is 11.1 Å². The second kappa shape index (κ2) is 11.4. The van der Waals surface area contributed by atoms with Gasteiger partial charge in [0.15, 0.2) is 0 Å². The van der Waals surface area contributed by atoms with Gasteiger partial charge in [-0.2, -0.15) is 35.4 Å². The number of fused-ring (bicyclic) bond motifs is 3. The predicted molar refractivity (Wildman–Crippen MR) is 174 cm³/mol. The van der Waals surface area contributed by atoms with Gasteiger partial charge in [0.05, 0.1) is 0 Å². The van der Waals surface area contributed by atoms with Crippen LogP contribution >= 0.6 is 0 Å². The van der Waals surface area contributed by atoms with Crippen molar-refractivity contribution in [3.8, 4) is 11.1 Å². The molecule has 0 spiro atoms. The van der Waals surface area contributed by atoms with Gasteiger partial charge in [-0.05, 0) is 40.8 Å². The van der Waals surface area contributed by atoms with Crippen molar-refractivity contribution in [2.75, 3.05) is 0 Å². The number of rotatable bonds is 6. The van der Waals surface area contributed by atoms with Crippen LogP contribution in [0.1, 0.15) is 72.5 Å². The van der Waals surface area contributed by atoms with Crippen molar-refractivity contribution in [3.63, 3.8) is 0 Å². The first-order chi connectivity index (χ1) is 20.8. The molecule has 0 unspecified atom stereocenters. The minimum Gasteiger partial charge on any atom is -0.260 e. The first-order valence-corrected chi connectivity index (χ1v) is 14.9. The Hall–Kier alpha value is -4.13. The van der Waals surface area contributed by atoms with Crippen LogP contribution in [0.15, 0.2) is 134 Å². The van der Waals surface area contributed by atoms with Crippen molar-refractivity contribution in [3.05, 3.63) is 191 Å². The van der Waals surface area contributed by atoms with E-state index in [9.17, 15) is 0 Å². The van der Waals surface area contributed by atoms with Crippen LogP contribution in [0.5, 0.6) is 0 Å². The molecule has 3 heteroatoms. The van der Waals surface area contributed by atoms with E-state index in [-0.39, 0.29) is 31.9 Å². The maximum Gasteiger partial charge on any atom is 2.00 e. The van der Waals surface area contributed by atoms with Crippen LogP contribution in [-0.2, 0) is 37.3 Å². The van der Waals surface area contributed by atoms with Crippen LogP contribution in [0, 0.1) is 12.1 Å². The van der Waals surface area contributed by atoms with Crippen LogP contribution < -0.4 is 0 Å². The van der Waals surface area contributed by atoms with Gasteiger partial charge in [-0.1, -0.05) is 100 Å². The third kappa shape index (κ3) is 4.59. The molecular formula is C41H34N2Pt. The molecule has 2 heterocycles. The molecule has 2 nitrogen and oxygen atoms in total. The maximum atomic E-state index is 4.73. The van der Waals surface area contributed by atoms with Crippen LogP contribution in [0.2, 0.25) is 0 Å². The average Bonchev–Trinajstić information content (AvgIpc) is 3.36. The zero-order valence-electron chi connectivity index (χ0n) is 25.4. The Balaban J connectivity index is 0.00000343. The molecule has 0 bridgehead atoms. The van der Waals surface area contributed by atoms with Gasteiger partial charge in [0.1, 0.15) is 0 Å². The number of pyridine rings is 2. The van der Waals surface area contributed by atoms with Crippen LogP contribution in [-0.4, -0.2) is 9.97 Å². The van der Waals surface area contributed by atoms with E-state index in [1.165, 1.54) is 22.3 Å². The molecule has 44 heavy (non-hydrogen) atoms. The summed E-state index contributed by atoms with van der Waals surface area (Å²) in [6.07, 6.45) is 3.74. The topological polar surface area (TPSA) is 25.8 Å². The molecule has 218 valence electrons. The quantitative estimate of drug-likeness (QED) is 0.159. The predicted octanol–water partition coefficient (Wildman–Crippen LogP) is 9.09. The zero-order chi connectivity index (χ0) is 29.7. The summed E-state index contributed by atoms with van der Waals surface area (Å²) in [5, 5.41) is 0. The summed E-state index contributed by atoms with van der Waals surface area (Å²) in [6, 6.07) is 51.1. The zero-order valence-corrected chi connectivity index (χ0v) is 27.7. The summed E-state index contributed by atoms with van der Waals surface area (Å²) in [5.41, 5.74) is 10.2. The number of benzene rings is 4. The standard InChI is InChI=1S/C41H34N2.Pt/c1-39(2,37-19-11-13-25-42-37)31-21-23-35-33(27-31)34-28-32(40(3,4)38-20-12-14-26-43-38)22-24-36(34)41(35,29-15-7-5-8-16-29)30-17-9-6-10-18-30;/h5-26H,1-4H3;/q-2;+2. The Morgan fingerprint density at radius 2 is 0.864 bits per heavy atom. The summed E-state index contributed by atoms with van der Waals surface area (Å²) in [7, 11) is 0. The molecule has 0 fully saturated rings. The Morgan fingerprint density at radius 1 is 0.477 bits per heavy atom. The number of aromatic nitrogens is 2. The van der Waals surface area contributed by atoms with Crippen molar-refractivity contribution in [1.29, 1.82) is 0 Å². The molecule has 6 aromatic rings. The van der Waals surface area contributed by atoms with Gasteiger partial charge in [0.25, 0.3) is 0 Å². The summed E-state index contributed by atoms with van der Waals surface area (Å²) in [6.45, 7) is 8.93. The Kier molecular flexibility index (Phi) is 7.76. The molecular weight excluding hydrogens is 716 g/mol. The second-order valence-corrected chi connectivity index (χ2v) is 12.5. The Labute approximate surface area is 275 Å². The van der Waals surface area contributed by atoms with Gasteiger partial charge >= 0.3 is 21.1 Å². The van der Waals surface area contributed by atoms with Crippen molar-refractivity contribution in [2.45, 2.75) is 43.9 Å².